The van der Waals surface area contributed by atoms with E-state index in [0.29, 0.717) is 21.5 Å². The number of hydrogen-bond acceptors (Lipinski definition) is 5. The summed E-state index contributed by atoms with van der Waals surface area (Å²) >= 11 is 12.4. The van der Waals surface area contributed by atoms with Crippen LogP contribution < -0.4 is 0 Å². The fourth-order valence-electron chi connectivity index (χ4n) is 3.35. The van der Waals surface area contributed by atoms with Crippen LogP contribution in [0.5, 0.6) is 0 Å². The van der Waals surface area contributed by atoms with Crippen LogP contribution in [0.25, 0.3) is 5.65 Å². The Morgan fingerprint density at radius 3 is 2.74 bits per heavy atom. The zero-order chi connectivity index (χ0) is 16.4. The van der Waals surface area contributed by atoms with Crippen molar-refractivity contribution in [2.24, 2.45) is 0 Å². The number of aliphatic hydroxyl groups excluding tert-OH is 1. The van der Waals surface area contributed by atoms with E-state index in [1.54, 1.807) is 22.7 Å². The Labute approximate surface area is 142 Å². The number of rotatable bonds is 2. The van der Waals surface area contributed by atoms with Crippen LogP contribution in [0, 0.1) is 0 Å². The molecule has 2 aromatic heterocycles. The first kappa shape index (κ1) is 15.6. The van der Waals surface area contributed by atoms with E-state index >= 15 is 0 Å². The second kappa shape index (κ2) is 5.31. The summed E-state index contributed by atoms with van der Waals surface area (Å²) < 4.78 is 19.7. The van der Waals surface area contributed by atoms with E-state index in [1.807, 2.05) is 13.8 Å². The molecule has 0 bridgehead atoms. The van der Waals surface area contributed by atoms with Gasteiger partial charge in [-0.05, 0) is 26.0 Å². The summed E-state index contributed by atoms with van der Waals surface area (Å²) in [5, 5.41) is 10.5. The van der Waals surface area contributed by atoms with E-state index in [1.165, 1.54) is 0 Å². The van der Waals surface area contributed by atoms with Crippen LogP contribution >= 0.6 is 23.2 Å². The van der Waals surface area contributed by atoms with Crippen LogP contribution in [-0.2, 0) is 14.2 Å². The molecule has 0 aromatic carbocycles. The lowest BCUT2D eigenvalue weighted by Gasteiger charge is -2.24. The number of aliphatic hydroxyl groups is 1. The zero-order valence-electron chi connectivity index (χ0n) is 12.6. The summed E-state index contributed by atoms with van der Waals surface area (Å²) in [5.41, 5.74) is 1.36. The van der Waals surface area contributed by atoms with Crippen LogP contribution in [0.1, 0.15) is 25.6 Å². The van der Waals surface area contributed by atoms with E-state index in [2.05, 4.69) is 4.98 Å². The van der Waals surface area contributed by atoms with Crippen LogP contribution in [0.4, 0.5) is 0 Å². The van der Waals surface area contributed by atoms with Gasteiger partial charge in [0.2, 0.25) is 0 Å². The Bertz CT molecular complexity index is 763. The average Bonchev–Trinajstić information content (AvgIpc) is 3.09. The molecule has 1 N–H and O–H groups in total. The number of aromatic nitrogens is 2. The number of fused-ring (bicyclic) bond motifs is 2. The number of nitrogens with zero attached hydrogens (tertiary/aromatic N) is 2. The van der Waals surface area contributed by atoms with Crippen LogP contribution in [-0.4, -0.2) is 45.2 Å². The third-order valence-corrected chi connectivity index (χ3v) is 4.69. The Hall–Kier alpha value is -0.890. The van der Waals surface area contributed by atoms with Gasteiger partial charge in [0.25, 0.3) is 0 Å². The SMILES string of the molecule is CC1(C)OC2C(O1)[C@H](c1c(Cl)ccc3nc(Cl)cn13)O[C@@H]2CO. The number of imidazole rings is 1. The van der Waals surface area contributed by atoms with Gasteiger partial charge in [0.15, 0.2) is 5.79 Å². The average molecular weight is 359 g/mol. The molecule has 2 aliphatic heterocycles. The highest BCUT2D eigenvalue weighted by Gasteiger charge is 2.56. The zero-order valence-corrected chi connectivity index (χ0v) is 14.1. The number of hydrogen-bond donors (Lipinski definition) is 1. The smallest absolute Gasteiger partial charge is 0.164 e. The van der Waals surface area contributed by atoms with E-state index in [4.69, 9.17) is 37.4 Å². The fourth-order valence-corrected chi connectivity index (χ4v) is 3.79. The summed E-state index contributed by atoms with van der Waals surface area (Å²) in [4.78, 5) is 4.23. The van der Waals surface area contributed by atoms with E-state index in [9.17, 15) is 5.11 Å². The lowest BCUT2D eigenvalue weighted by molar-refractivity contribution is -0.191. The second-order valence-electron chi connectivity index (χ2n) is 6.20. The third-order valence-electron chi connectivity index (χ3n) is 4.19. The highest BCUT2D eigenvalue weighted by Crippen LogP contribution is 2.46. The molecule has 2 saturated heterocycles. The summed E-state index contributed by atoms with van der Waals surface area (Å²) in [6, 6.07) is 3.53. The molecule has 0 saturated carbocycles. The quantitative estimate of drug-likeness (QED) is 0.893. The van der Waals surface area contributed by atoms with Crippen molar-refractivity contribution in [1.29, 1.82) is 0 Å². The van der Waals surface area contributed by atoms with Crippen molar-refractivity contribution < 1.29 is 19.3 Å². The van der Waals surface area contributed by atoms with Crippen molar-refractivity contribution in [3.8, 4) is 0 Å². The first-order chi connectivity index (χ1) is 10.9. The molecule has 2 aliphatic rings. The van der Waals surface area contributed by atoms with Crippen molar-refractivity contribution in [2.45, 2.75) is 44.1 Å². The van der Waals surface area contributed by atoms with E-state index in [0.717, 1.165) is 0 Å². The maximum Gasteiger partial charge on any atom is 0.164 e. The largest absolute Gasteiger partial charge is 0.394 e. The van der Waals surface area contributed by atoms with Crippen molar-refractivity contribution >= 4 is 28.8 Å². The summed E-state index contributed by atoms with van der Waals surface area (Å²) in [5.74, 6) is -0.738. The highest BCUT2D eigenvalue weighted by atomic mass is 35.5. The predicted octanol–water partition coefficient (Wildman–Crippen LogP) is 2.59. The highest BCUT2D eigenvalue weighted by molar-refractivity contribution is 6.31. The van der Waals surface area contributed by atoms with Gasteiger partial charge in [-0.25, -0.2) is 4.98 Å². The molecule has 8 heteroatoms. The molecule has 2 aromatic rings. The second-order valence-corrected chi connectivity index (χ2v) is 7.00. The van der Waals surface area contributed by atoms with E-state index in [-0.39, 0.29) is 18.8 Å². The maximum atomic E-state index is 9.60. The lowest BCUT2D eigenvalue weighted by Crippen LogP contribution is -2.31. The molecule has 23 heavy (non-hydrogen) atoms. The molecule has 124 valence electrons. The minimum Gasteiger partial charge on any atom is -0.394 e. The van der Waals surface area contributed by atoms with Gasteiger partial charge in [0.1, 0.15) is 35.2 Å². The molecule has 0 amide bonds. The number of pyridine rings is 1. The number of ether oxygens (including phenoxy) is 3. The normalized spacial score (nSPS) is 32.6. The maximum absolute atomic E-state index is 9.60. The van der Waals surface area contributed by atoms with Crippen molar-refractivity contribution in [2.75, 3.05) is 6.61 Å². The molecule has 0 aliphatic carbocycles. The molecule has 2 fully saturated rings. The van der Waals surface area contributed by atoms with Crippen LogP contribution in [0.3, 0.4) is 0 Å². The van der Waals surface area contributed by atoms with Gasteiger partial charge < -0.3 is 19.3 Å². The van der Waals surface area contributed by atoms with Crippen LogP contribution in [0.2, 0.25) is 10.2 Å². The van der Waals surface area contributed by atoms with Gasteiger partial charge in [0.05, 0.1) is 17.3 Å². The Morgan fingerprint density at radius 1 is 1.26 bits per heavy atom. The molecular weight excluding hydrogens is 343 g/mol. The van der Waals surface area contributed by atoms with Crippen molar-refractivity contribution in [1.82, 2.24) is 9.38 Å². The molecule has 4 heterocycles. The molecule has 2 unspecified atom stereocenters. The van der Waals surface area contributed by atoms with Gasteiger partial charge in [0, 0.05) is 6.20 Å². The Morgan fingerprint density at radius 2 is 2.00 bits per heavy atom. The minimum absolute atomic E-state index is 0.157. The van der Waals surface area contributed by atoms with E-state index < -0.39 is 18.0 Å². The topological polar surface area (TPSA) is 65.2 Å². The van der Waals surface area contributed by atoms with Gasteiger partial charge >= 0.3 is 0 Å². The lowest BCUT2D eigenvalue weighted by atomic mass is 10.1. The van der Waals surface area contributed by atoms with Crippen LogP contribution in [0.15, 0.2) is 18.3 Å². The van der Waals surface area contributed by atoms with Crippen molar-refractivity contribution in [3.05, 3.63) is 34.2 Å². The first-order valence-corrected chi connectivity index (χ1v) is 8.10. The predicted molar refractivity (Wildman–Crippen MR) is 83.7 cm³/mol. The monoisotopic (exact) mass is 358 g/mol. The molecule has 4 rings (SSSR count). The molecule has 6 nitrogen and oxygen atoms in total. The van der Waals surface area contributed by atoms with Gasteiger partial charge in [-0.1, -0.05) is 23.2 Å². The van der Waals surface area contributed by atoms with Gasteiger partial charge in [-0.15, -0.1) is 0 Å². The molecular formula is C15H16Cl2N2O4. The summed E-state index contributed by atoms with van der Waals surface area (Å²) in [6.45, 7) is 3.52. The fraction of sp³-hybridized carbons (Fsp3) is 0.533. The third kappa shape index (κ3) is 2.45. The minimum atomic E-state index is -0.738. The molecule has 0 spiro atoms. The van der Waals surface area contributed by atoms with Gasteiger partial charge in [-0.3, -0.25) is 4.40 Å². The number of halogens is 2. The first-order valence-electron chi connectivity index (χ1n) is 7.34. The molecule has 4 atom stereocenters. The Balaban J connectivity index is 1.83. The Kier molecular flexibility index (Phi) is 3.61. The van der Waals surface area contributed by atoms with Crippen molar-refractivity contribution in [3.63, 3.8) is 0 Å². The van der Waals surface area contributed by atoms with Gasteiger partial charge in [-0.2, -0.15) is 0 Å². The molecule has 0 radical (unpaired) electrons. The summed E-state index contributed by atoms with van der Waals surface area (Å²) in [7, 11) is 0. The standard InChI is InChI=1S/C15H16Cl2N2O4/c1-15(2)22-12-8(6-20)21-13(14(12)23-15)11-7(16)3-4-10-18-9(17)5-19(10)11/h3-5,8,12-14,20H,6H2,1-2H3/t8-,12?,13+,14?/m1/s1. The summed E-state index contributed by atoms with van der Waals surface area (Å²) in [6.07, 6.45) is -0.00168.